The van der Waals surface area contributed by atoms with Crippen LogP contribution >= 0.6 is 0 Å². The second-order valence-corrected chi connectivity index (χ2v) is 9.19. The quantitative estimate of drug-likeness (QED) is 0.401. The molecule has 1 aliphatic heterocycles. The van der Waals surface area contributed by atoms with Crippen LogP contribution in [-0.4, -0.2) is 56.3 Å². The molecule has 0 amide bonds. The number of benzene rings is 1. The van der Waals surface area contributed by atoms with Crippen LogP contribution in [0.1, 0.15) is 50.2 Å². The van der Waals surface area contributed by atoms with Crippen LogP contribution in [0, 0.1) is 5.82 Å². The molecule has 1 aliphatic carbocycles. The molecule has 0 radical (unpaired) electrons. The molecular weight excluding hydrogens is 459 g/mol. The Labute approximate surface area is 208 Å². The van der Waals surface area contributed by atoms with Crippen molar-refractivity contribution in [2.45, 2.75) is 44.9 Å². The van der Waals surface area contributed by atoms with Crippen molar-refractivity contribution in [1.29, 1.82) is 0 Å². The molecule has 36 heavy (non-hydrogen) atoms. The molecule has 0 atom stereocenters. The summed E-state index contributed by atoms with van der Waals surface area (Å²) in [4.78, 5) is 30.3. The number of piperazine rings is 1. The van der Waals surface area contributed by atoms with E-state index in [1.807, 2.05) is 19.2 Å². The molecule has 1 aromatic carbocycles. The number of rotatable bonds is 4. The normalized spacial score (nSPS) is 16.2. The molecular formula is C26H31FN8O. The predicted octanol–water partition coefficient (Wildman–Crippen LogP) is 3.56. The lowest BCUT2D eigenvalue weighted by Gasteiger charge is -2.29. The average Bonchev–Trinajstić information content (AvgIpc) is 3.63. The average molecular weight is 491 g/mol. The molecule has 10 heteroatoms. The third-order valence-corrected chi connectivity index (χ3v) is 6.75. The van der Waals surface area contributed by atoms with Gasteiger partial charge in [0.1, 0.15) is 23.2 Å². The fourth-order valence-electron chi connectivity index (χ4n) is 4.72. The molecule has 3 aromatic heterocycles. The summed E-state index contributed by atoms with van der Waals surface area (Å²) in [5.41, 5.74) is 2.32. The molecule has 9 nitrogen and oxygen atoms in total. The van der Waals surface area contributed by atoms with E-state index < -0.39 is 5.82 Å². The van der Waals surface area contributed by atoms with E-state index in [0.717, 1.165) is 68.5 Å². The van der Waals surface area contributed by atoms with Crippen LogP contribution in [0.5, 0.6) is 0 Å². The Balaban J connectivity index is 0.000000149. The van der Waals surface area contributed by atoms with E-state index in [4.69, 9.17) is 0 Å². The van der Waals surface area contributed by atoms with Gasteiger partial charge in [-0.3, -0.25) is 14.9 Å². The van der Waals surface area contributed by atoms with Gasteiger partial charge in [0.15, 0.2) is 5.82 Å². The van der Waals surface area contributed by atoms with Crippen LogP contribution in [0.2, 0.25) is 0 Å². The van der Waals surface area contributed by atoms with E-state index in [0.29, 0.717) is 22.6 Å². The van der Waals surface area contributed by atoms with Crippen molar-refractivity contribution in [3.8, 4) is 11.5 Å². The number of nitrogens with zero attached hydrogens (tertiary/aromatic N) is 5. The molecule has 2 aliphatic rings. The van der Waals surface area contributed by atoms with Gasteiger partial charge in [-0.2, -0.15) is 5.10 Å². The predicted molar refractivity (Wildman–Crippen MR) is 138 cm³/mol. The minimum absolute atomic E-state index is 0.239. The van der Waals surface area contributed by atoms with Crippen LogP contribution in [0.3, 0.4) is 0 Å². The number of hydrogen-bond donors (Lipinski definition) is 3. The number of anilines is 1. The van der Waals surface area contributed by atoms with Crippen molar-refractivity contribution in [3.05, 3.63) is 64.3 Å². The maximum atomic E-state index is 13.0. The highest BCUT2D eigenvalue weighted by molar-refractivity contribution is 5.77. The minimum atomic E-state index is -0.404. The molecule has 6 rings (SSSR count). The van der Waals surface area contributed by atoms with Gasteiger partial charge in [-0.1, -0.05) is 19.8 Å². The van der Waals surface area contributed by atoms with Gasteiger partial charge in [0.2, 0.25) is 0 Å². The molecule has 188 valence electrons. The highest BCUT2D eigenvalue weighted by Gasteiger charge is 2.20. The molecule has 3 N–H and O–H groups in total. The first kappa shape index (κ1) is 24.1. The fourth-order valence-corrected chi connectivity index (χ4v) is 4.72. The first-order valence-corrected chi connectivity index (χ1v) is 12.6. The number of aromatic nitrogens is 6. The summed E-state index contributed by atoms with van der Waals surface area (Å²) >= 11 is 0. The summed E-state index contributed by atoms with van der Waals surface area (Å²) in [6, 6.07) is 8.22. The Hall–Kier alpha value is -3.66. The lowest BCUT2D eigenvalue weighted by atomic mass is 10.1. The zero-order chi connectivity index (χ0) is 24.9. The molecule has 2 fully saturated rings. The largest absolute Gasteiger partial charge is 0.368 e. The fraction of sp³-hybridized carbons (Fsp3) is 0.423. The number of hydrogen-bond acceptors (Lipinski definition) is 7. The zero-order valence-electron chi connectivity index (χ0n) is 20.4. The second kappa shape index (κ2) is 10.9. The standard InChI is InChI=1S/C13H13FN2O.C13H18N6/c14-9-5-6-11-10(7-9)13(17)16-12(15-11)8-3-1-2-4-8;1-2-12-16-13(18-17-12)11-4-3-10(9-15-11)19-7-5-14-6-8-19/h5-8H,1-4H2,(H,15,16,17);3-4,9,14H,2,5-8H2,1H3,(H,16,17,18). The van der Waals surface area contributed by atoms with Crippen LogP contribution in [0.25, 0.3) is 22.4 Å². The van der Waals surface area contributed by atoms with E-state index in [-0.39, 0.29) is 5.56 Å². The third-order valence-electron chi connectivity index (χ3n) is 6.75. The van der Waals surface area contributed by atoms with Crippen molar-refractivity contribution < 1.29 is 4.39 Å². The van der Waals surface area contributed by atoms with Gasteiger partial charge in [-0.05, 0) is 43.2 Å². The first-order chi connectivity index (χ1) is 17.6. The summed E-state index contributed by atoms with van der Waals surface area (Å²) in [6.45, 7) is 6.17. The van der Waals surface area contributed by atoms with Gasteiger partial charge in [0.25, 0.3) is 5.56 Å². The summed E-state index contributed by atoms with van der Waals surface area (Å²) in [6.07, 6.45) is 7.30. The Morgan fingerprint density at radius 3 is 2.58 bits per heavy atom. The Morgan fingerprint density at radius 2 is 1.89 bits per heavy atom. The minimum Gasteiger partial charge on any atom is -0.368 e. The van der Waals surface area contributed by atoms with Crippen LogP contribution in [0.15, 0.2) is 41.3 Å². The molecule has 1 saturated carbocycles. The van der Waals surface area contributed by atoms with Crippen molar-refractivity contribution >= 4 is 16.6 Å². The van der Waals surface area contributed by atoms with Crippen molar-refractivity contribution in [2.24, 2.45) is 0 Å². The van der Waals surface area contributed by atoms with E-state index in [1.165, 1.54) is 25.0 Å². The van der Waals surface area contributed by atoms with Crippen molar-refractivity contribution in [2.75, 3.05) is 31.1 Å². The summed E-state index contributed by atoms with van der Waals surface area (Å²) < 4.78 is 13.0. The van der Waals surface area contributed by atoms with Crippen LogP contribution in [0.4, 0.5) is 10.1 Å². The van der Waals surface area contributed by atoms with Crippen LogP contribution in [-0.2, 0) is 6.42 Å². The molecule has 1 saturated heterocycles. The number of aromatic amines is 2. The van der Waals surface area contributed by atoms with Crippen LogP contribution < -0.4 is 15.8 Å². The third kappa shape index (κ3) is 5.43. The Bertz CT molecular complexity index is 1350. The van der Waals surface area contributed by atoms with E-state index in [1.54, 1.807) is 6.07 Å². The van der Waals surface area contributed by atoms with Gasteiger partial charge in [0, 0.05) is 38.5 Å². The molecule has 0 spiro atoms. The van der Waals surface area contributed by atoms with Gasteiger partial charge >= 0.3 is 0 Å². The summed E-state index contributed by atoms with van der Waals surface area (Å²) in [5, 5.41) is 10.8. The highest BCUT2D eigenvalue weighted by atomic mass is 19.1. The second-order valence-electron chi connectivity index (χ2n) is 9.19. The number of aryl methyl sites for hydroxylation is 1. The maximum absolute atomic E-state index is 13.0. The van der Waals surface area contributed by atoms with Crippen molar-refractivity contribution in [1.82, 2.24) is 35.5 Å². The number of pyridine rings is 1. The number of fused-ring (bicyclic) bond motifs is 1. The molecule has 4 heterocycles. The molecule has 0 bridgehead atoms. The van der Waals surface area contributed by atoms with Gasteiger partial charge in [-0.25, -0.2) is 14.4 Å². The lowest BCUT2D eigenvalue weighted by Crippen LogP contribution is -2.43. The summed E-state index contributed by atoms with van der Waals surface area (Å²) in [7, 11) is 0. The van der Waals surface area contributed by atoms with E-state index in [2.05, 4.69) is 46.4 Å². The van der Waals surface area contributed by atoms with E-state index >= 15 is 0 Å². The van der Waals surface area contributed by atoms with Crippen molar-refractivity contribution in [3.63, 3.8) is 0 Å². The molecule has 0 unspecified atom stereocenters. The number of nitrogens with one attached hydrogen (secondary N) is 3. The van der Waals surface area contributed by atoms with Gasteiger partial charge < -0.3 is 15.2 Å². The highest BCUT2D eigenvalue weighted by Crippen LogP contribution is 2.32. The molecule has 4 aromatic rings. The summed E-state index contributed by atoms with van der Waals surface area (Å²) in [5.74, 6) is 2.27. The Kier molecular flexibility index (Phi) is 7.31. The number of halogens is 1. The maximum Gasteiger partial charge on any atom is 0.258 e. The van der Waals surface area contributed by atoms with E-state index in [9.17, 15) is 9.18 Å². The lowest BCUT2D eigenvalue weighted by molar-refractivity contribution is 0.589. The van der Waals surface area contributed by atoms with Gasteiger partial charge in [-0.15, -0.1) is 0 Å². The monoisotopic (exact) mass is 490 g/mol. The van der Waals surface area contributed by atoms with Gasteiger partial charge in [0.05, 0.1) is 22.8 Å². The zero-order valence-corrected chi connectivity index (χ0v) is 20.4. The Morgan fingerprint density at radius 1 is 1.08 bits per heavy atom. The SMILES string of the molecule is CCc1nc(-c2ccc(N3CCNCC3)cn2)n[nH]1.O=c1[nH]c(C2CCCC2)nc2ccc(F)cc12. The smallest absolute Gasteiger partial charge is 0.258 e. The first-order valence-electron chi connectivity index (χ1n) is 12.6. The topological polar surface area (TPSA) is 115 Å². The number of H-pyrrole nitrogens is 2.